The van der Waals surface area contributed by atoms with E-state index in [4.69, 9.17) is 0 Å². The Bertz CT molecular complexity index is 644. The van der Waals surface area contributed by atoms with Gasteiger partial charge in [-0.3, -0.25) is 0 Å². The third kappa shape index (κ3) is 2.26. The van der Waals surface area contributed by atoms with E-state index < -0.39 is 10.0 Å². The molecular weight excluding hydrogens is 246 g/mol. The first-order chi connectivity index (χ1) is 8.57. The van der Waals surface area contributed by atoms with Crippen LogP contribution in [-0.2, 0) is 10.0 Å². The van der Waals surface area contributed by atoms with E-state index in [-0.39, 0.29) is 0 Å². The van der Waals surface area contributed by atoms with E-state index in [1.165, 1.54) is 4.31 Å². The molecule has 0 saturated carbocycles. The van der Waals surface area contributed by atoms with Crippen LogP contribution >= 0.6 is 0 Å². The lowest BCUT2D eigenvalue weighted by Gasteiger charge is -2.17. The minimum absolute atomic E-state index is 0.386. The Hall–Kier alpha value is -1.39. The number of nitrogens with zero attached hydrogens (tertiary/aromatic N) is 1. The van der Waals surface area contributed by atoms with Crippen LogP contribution in [-0.4, -0.2) is 26.3 Å². The van der Waals surface area contributed by atoms with Gasteiger partial charge < -0.3 is 0 Å². The van der Waals surface area contributed by atoms with E-state index in [9.17, 15) is 8.42 Å². The van der Waals surface area contributed by atoms with Crippen molar-refractivity contribution in [1.29, 1.82) is 0 Å². The van der Waals surface area contributed by atoms with E-state index in [2.05, 4.69) is 0 Å². The molecule has 4 heteroatoms. The first kappa shape index (κ1) is 13.1. The van der Waals surface area contributed by atoms with Crippen molar-refractivity contribution in [2.75, 3.05) is 13.6 Å². The average molecular weight is 263 g/mol. The molecule has 0 heterocycles. The fourth-order valence-electron chi connectivity index (χ4n) is 2.02. The fourth-order valence-corrected chi connectivity index (χ4v) is 3.50. The van der Waals surface area contributed by atoms with Crippen LogP contribution in [0.5, 0.6) is 0 Å². The molecule has 3 nitrogen and oxygen atoms in total. The Morgan fingerprint density at radius 1 is 1.06 bits per heavy atom. The predicted molar refractivity (Wildman–Crippen MR) is 74.1 cm³/mol. The first-order valence-electron chi connectivity index (χ1n) is 6.01. The highest BCUT2D eigenvalue weighted by molar-refractivity contribution is 7.89. The smallest absolute Gasteiger partial charge is 0.207 e. The van der Waals surface area contributed by atoms with Gasteiger partial charge in [-0.1, -0.05) is 43.3 Å². The third-order valence-electron chi connectivity index (χ3n) is 2.98. The van der Waals surface area contributed by atoms with Crippen molar-refractivity contribution >= 4 is 20.8 Å². The zero-order valence-corrected chi connectivity index (χ0v) is 11.4. The molecule has 18 heavy (non-hydrogen) atoms. The number of hydrogen-bond acceptors (Lipinski definition) is 2. The topological polar surface area (TPSA) is 37.4 Å². The number of benzene rings is 2. The van der Waals surface area contributed by atoms with Crippen LogP contribution in [0.15, 0.2) is 47.4 Å². The van der Waals surface area contributed by atoms with Gasteiger partial charge in [0.05, 0.1) is 4.90 Å². The largest absolute Gasteiger partial charge is 0.243 e. The molecule has 0 fully saturated rings. The highest BCUT2D eigenvalue weighted by atomic mass is 32.2. The summed E-state index contributed by atoms with van der Waals surface area (Å²) in [4.78, 5) is 0.386. The van der Waals surface area contributed by atoms with Crippen LogP contribution in [0.25, 0.3) is 10.8 Å². The average Bonchev–Trinajstić information content (AvgIpc) is 2.38. The summed E-state index contributed by atoms with van der Waals surface area (Å²) in [7, 11) is -1.77. The maximum atomic E-state index is 12.5. The Balaban J connectivity index is 2.61. The molecule has 0 aliphatic rings. The van der Waals surface area contributed by atoms with Crippen molar-refractivity contribution in [1.82, 2.24) is 4.31 Å². The zero-order valence-electron chi connectivity index (χ0n) is 10.6. The van der Waals surface area contributed by atoms with E-state index in [1.807, 2.05) is 37.3 Å². The second kappa shape index (κ2) is 5.08. The Morgan fingerprint density at radius 3 is 2.44 bits per heavy atom. The van der Waals surface area contributed by atoms with Gasteiger partial charge in [0.1, 0.15) is 0 Å². The van der Waals surface area contributed by atoms with E-state index in [0.29, 0.717) is 11.4 Å². The summed E-state index contributed by atoms with van der Waals surface area (Å²) in [5, 5.41) is 1.73. The Morgan fingerprint density at radius 2 is 1.72 bits per heavy atom. The molecule has 0 aliphatic heterocycles. The van der Waals surface area contributed by atoms with Crippen molar-refractivity contribution < 1.29 is 8.42 Å². The maximum Gasteiger partial charge on any atom is 0.243 e. The highest BCUT2D eigenvalue weighted by Crippen LogP contribution is 2.24. The second-order valence-corrected chi connectivity index (χ2v) is 6.32. The molecule has 2 aromatic rings. The van der Waals surface area contributed by atoms with Crippen LogP contribution in [0.3, 0.4) is 0 Å². The van der Waals surface area contributed by atoms with Crippen molar-refractivity contribution in [3.63, 3.8) is 0 Å². The molecule has 96 valence electrons. The maximum absolute atomic E-state index is 12.5. The second-order valence-electron chi connectivity index (χ2n) is 4.30. The Kier molecular flexibility index (Phi) is 3.68. The molecule has 2 aromatic carbocycles. The van der Waals surface area contributed by atoms with Crippen molar-refractivity contribution in [2.24, 2.45) is 0 Å². The van der Waals surface area contributed by atoms with Gasteiger partial charge in [-0.05, 0) is 17.9 Å². The van der Waals surface area contributed by atoms with Gasteiger partial charge in [0.25, 0.3) is 0 Å². The number of sulfonamides is 1. The minimum Gasteiger partial charge on any atom is -0.207 e. The first-order valence-corrected chi connectivity index (χ1v) is 7.45. The number of fused-ring (bicyclic) bond motifs is 1. The summed E-state index contributed by atoms with van der Waals surface area (Å²) in [6.45, 7) is 2.50. The van der Waals surface area contributed by atoms with Gasteiger partial charge in [0, 0.05) is 19.0 Å². The molecule has 0 radical (unpaired) electrons. The highest BCUT2D eigenvalue weighted by Gasteiger charge is 2.21. The lowest BCUT2D eigenvalue weighted by Crippen LogP contribution is -2.27. The molecular formula is C14H17NO2S. The SMILES string of the molecule is CCCN(C)S(=O)(=O)c1cccc2ccccc12. The number of rotatable bonds is 4. The molecule has 0 atom stereocenters. The normalized spacial score (nSPS) is 12.2. The summed E-state index contributed by atoms with van der Waals surface area (Å²) in [5.41, 5.74) is 0. The van der Waals surface area contributed by atoms with Gasteiger partial charge >= 0.3 is 0 Å². The summed E-state index contributed by atoms with van der Waals surface area (Å²) in [6, 6.07) is 12.9. The molecule has 0 amide bonds. The van der Waals surface area contributed by atoms with Crippen LogP contribution in [0, 0.1) is 0 Å². The summed E-state index contributed by atoms with van der Waals surface area (Å²) >= 11 is 0. The van der Waals surface area contributed by atoms with Crippen molar-refractivity contribution in [2.45, 2.75) is 18.2 Å². The molecule has 0 bridgehead atoms. The minimum atomic E-state index is -3.39. The lowest BCUT2D eigenvalue weighted by molar-refractivity contribution is 0.469. The molecule has 2 rings (SSSR count). The molecule has 0 unspecified atom stereocenters. The summed E-state index contributed by atoms with van der Waals surface area (Å²) < 4.78 is 26.3. The zero-order chi connectivity index (χ0) is 13.2. The molecule has 0 aromatic heterocycles. The fraction of sp³-hybridized carbons (Fsp3) is 0.286. The van der Waals surface area contributed by atoms with Crippen molar-refractivity contribution in [3.05, 3.63) is 42.5 Å². The van der Waals surface area contributed by atoms with Gasteiger partial charge in [-0.2, -0.15) is 0 Å². The standard InChI is InChI=1S/C14H17NO2S/c1-3-11-15(2)18(16,17)14-10-6-8-12-7-4-5-9-13(12)14/h4-10H,3,11H2,1-2H3. The monoisotopic (exact) mass is 263 g/mol. The van der Waals surface area contributed by atoms with Crippen LogP contribution in [0.1, 0.15) is 13.3 Å². The van der Waals surface area contributed by atoms with Crippen molar-refractivity contribution in [3.8, 4) is 0 Å². The van der Waals surface area contributed by atoms with Crippen LogP contribution < -0.4 is 0 Å². The predicted octanol–water partition coefficient (Wildman–Crippen LogP) is 2.87. The van der Waals surface area contributed by atoms with Gasteiger partial charge in [0.15, 0.2) is 0 Å². The van der Waals surface area contributed by atoms with Crippen LogP contribution in [0.2, 0.25) is 0 Å². The summed E-state index contributed by atoms with van der Waals surface area (Å²) in [5.74, 6) is 0. The molecule has 0 saturated heterocycles. The third-order valence-corrected chi connectivity index (χ3v) is 4.89. The van der Waals surface area contributed by atoms with Gasteiger partial charge in [-0.15, -0.1) is 0 Å². The molecule has 0 N–H and O–H groups in total. The van der Waals surface area contributed by atoms with Crippen LogP contribution in [0.4, 0.5) is 0 Å². The molecule has 0 spiro atoms. The van der Waals surface area contributed by atoms with Gasteiger partial charge in [0.2, 0.25) is 10.0 Å². The van der Waals surface area contributed by atoms with E-state index >= 15 is 0 Å². The number of hydrogen-bond donors (Lipinski definition) is 0. The van der Waals surface area contributed by atoms with Gasteiger partial charge in [-0.25, -0.2) is 12.7 Å². The van der Waals surface area contributed by atoms with E-state index in [0.717, 1.165) is 17.2 Å². The Labute approximate surface area is 108 Å². The quantitative estimate of drug-likeness (QED) is 0.850. The summed E-state index contributed by atoms with van der Waals surface area (Å²) in [6.07, 6.45) is 0.806. The van der Waals surface area contributed by atoms with E-state index in [1.54, 1.807) is 19.2 Å². The molecule has 0 aliphatic carbocycles. The lowest BCUT2D eigenvalue weighted by atomic mass is 10.1.